The first kappa shape index (κ1) is 25.0. The molecule has 1 aromatic heterocycles. The fraction of sp³-hybridized carbons (Fsp3) is 0.286. The van der Waals surface area contributed by atoms with Crippen molar-refractivity contribution in [3.63, 3.8) is 0 Å². The van der Waals surface area contributed by atoms with Crippen LogP contribution in [0.1, 0.15) is 48.9 Å². The van der Waals surface area contributed by atoms with Crippen molar-refractivity contribution in [1.82, 2.24) is 15.2 Å². The number of amides is 3. The summed E-state index contributed by atoms with van der Waals surface area (Å²) in [6, 6.07) is 19.0. The van der Waals surface area contributed by atoms with E-state index in [1.54, 1.807) is 12.1 Å². The number of nitrogens with zero attached hydrogens (tertiary/aromatic N) is 2. The maximum Gasteiger partial charge on any atom is 0.313 e. The molecule has 1 aliphatic rings. The molecule has 3 aromatic rings. The molecule has 1 saturated heterocycles. The molecule has 4 rings (SSSR count). The minimum absolute atomic E-state index is 0.175. The zero-order valence-electron chi connectivity index (χ0n) is 20.2. The highest BCUT2D eigenvalue weighted by Crippen LogP contribution is 2.27. The third-order valence-electron chi connectivity index (χ3n) is 6.28. The quantitative estimate of drug-likeness (QED) is 0.514. The average Bonchev–Trinajstić information content (AvgIpc) is 3.29. The minimum Gasteiger partial charge on any atom is -0.343 e. The van der Waals surface area contributed by atoms with E-state index in [2.05, 4.69) is 29.5 Å². The van der Waals surface area contributed by atoms with E-state index in [-0.39, 0.29) is 13.0 Å². The van der Waals surface area contributed by atoms with Crippen molar-refractivity contribution in [2.24, 2.45) is 0 Å². The third kappa shape index (κ3) is 5.76. The van der Waals surface area contributed by atoms with E-state index in [1.165, 1.54) is 18.0 Å². The zero-order valence-corrected chi connectivity index (χ0v) is 20.2. The summed E-state index contributed by atoms with van der Waals surface area (Å²) in [6.07, 6.45) is 1.35. The van der Waals surface area contributed by atoms with Crippen molar-refractivity contribution in [3.05, 3.63) is 95.8 Å². The molecule has 36 heavy (non-hydrogen) atoms. The Balaban J connectivity index is 1.54. The Hall–Kier alpha value is -4.07. The molecule has 3 amide bonds. The van der Waals surface area contributed by atoms with Gasteiger partial charge in [-0.25, -0.2) is 4.39 Å². The van der Waals surface area contributed by atoms with Gasteiger partial charge in [-0.15, -0.1) is 0 Å². The number of halogens is 1. The van der Waals surface area contributed by atoms with E-state index in [1.807, 2.05) is 54.6 Å². The molecule has 0 bridgehead atoms. The van der Waals surface area contributed by atoms with Crippen LogP contribution in [0.4, 0.5) is 10.1 Å². The molecule has 3 atom stereocenters. The number of rotatable bonds is 6. The normalized spacial score (nSPS) is 18.1. The van der Waals surface area contributed by atoms with Crippen LogP contribution in [-0.2, 0) is 14.4 Å². The van der Waals surface area contributed by atoms with Gasteiger partial charge >= 0.3 is 11.8 Å². The number of benzene rings is 2. The van der Waals surface area contributed by atoms with E-state index in [4.69, 9.17) is 0 Å². The maximum absolute atomic E-state index is 14.4. The van der Waals surface area contributed by atoms with Gasteiger partial charge in [-0.3, -0.25) is 19.4 Å². The van der Waals surface area contributed by atoms with Gasteiger partial charge in [0.2, 0.25) is 5.91 Å². The molecule has 2 aromatic carbocycles. The number of hydrogen-bond donors (Lipinski definition) is 2. The molecule has 8 heteroatoms. The second-order valence-electron chi connectivity index (χ2n) is 9.18. The Morgan fingerprint density at radius 2 is 1.61 bits per heavy atom. The van der Waals surface area contributed by atoms with Gasteiger partial charge in [0.05, 0.1) is 24.5 Å². The number of nitrogens with one attached hydrogen (secondary N) is 2. The molecule has 1 aliphatic heterocycles. The number of anilines is 1. The molecule has 186 valence electrons. The molecule has 1 fully saturated rings. The molecule has 3 unspecified atom stereocenters. The molecule has 2 heterocycles. The highest BCUT2D eigenvalue weighted by molar-refractivity contribution is 6.40. The molecule has 7 nitrogen and oxygen atoms in total. The number of carbonyl (C=O) groups is 3. The first-order chi connectivity index (χ1) is 17.3. The monoisotopic (exact) mass is 488 g/mol. The fourth-order valence-electron chi connectivity index (χ4n) is 4.33. The first-order valence-electron chi connectivity index (χ1n) is 11.9. The van der Waals surface area contributed by atoms with Crippen LogP contribution in [0.15, 0.2) is 79.1 Å². The third-order valence-corrected chi connectivity index (χ3v) is 6.28. The van der Waals surface area contributed by atoms with Gasteiger partial charge in [0, 0.05) is 12.6 Å². The molecule has 0 aliphatic carbocycles. The Labute approximate surface area is 209 Å². The minimum atomic E-state index is -1.41. The molecule has 0 spiro atoms. The summed E-state index contributed by atoms with van der Waals surface area (Å²) in [7, 11) is 0. The van der Waals surface area contributed by atoms with Gasteiger partial charge in [0.1, 0.15) is 12.2 Å². The van der Waals surface area contributed by atoms with Crippen LogP contribution in [0, 0.1) is 0 Å². The van der Waals surface area contributed by atoms with Gasteiger partial charge in [-0.2, -0.15) is 0 Å². The molecular weight excluding hydrogens is 459 g/mol. The molecule has 2 N–H and O–H groups in total. The van der Waals surface area contributed by atoms with Gasteiger partial charge in [-0.1, -0.05) is 68.4 Å². The Morgan fingerprint density at radius 3 is 2.25 bits per heavy atom. The second kappa shape index (κ2) is 11.1. The largest absolute Gasteiger partial charge is 0.343 e. The lowest BCUT2D eigenvalue weighted by molar-refractivity contribution is -0.146. The van der Waals surface area contributed by atoms with Crippen LogP contribution >= 0.6 is 0 Å². The summed E-state index contributed by atoms with van der Waals surface area (Å²) in [5, 5.41) is 5.45. The number of pyridine rings is 1. The van der Waals surface area contributed by atoms with E-state index < -0.39 is 36.0 Å². The van der Waals surface area contributed by atoms with Crippen molar-refractivity contribution in [2.45, 2.75) is 44.4 Å². The second-order valence-corrected chi connectivity index (χ2v) is 9.18. The van der Waals surface area contributed by atoms with Gasteiger partial charge in [0.15, 0.2) is 0 Å². The van der Waals surface area contributed by atoms with Gasteiger partial charge < -0.3 is 15.5 Å². The predicted molar refractivity (Wildman–Crippen MR) is 135 cm³/mol. The van der Waals surface area contributed by atoms with Crippen LogP contribution in [-0.4, -0.2) is 46.4 Å². The Morgan fingerprint density at radius 1 is 0.944 bits per heavy atom. The lowest BCUT2D eigenvalue weighted by Crippen LogP contribution is -2.50. The zero-order chi connectivity index (χ0) is 25.7. The fourth-order valence-corrected chi connectivity index (χ4v) is 4.33. The van der Waals surface area contributed by atoms with Crippen LogP contribution in [0.5, 0.6) is 0 Å². The number of hydrogen-bond acceptors (Lipinski definition) is 4. The van der Waals surface area contributed by atoms with Crippen LogP contribution in [0.2, 0.25) is 0 Å². The van der Waals surface area contributed by atoms with E-state index in [9.17, 15) is 18.8 Å². The van der Waals surface area contributed by atoms with E-state index >= 15 is 0 Å². The smallest absolute Gasteiger partial charge is 0.313 e. The SMILES string of the molecule is CC(C)c1ccc(C(NC(=O)C2CC(F)CN2C(=O)C(=O)Nc2cccnc2)c2ccccc2)cc1. The van der Waals surface area contributed by atoms with Gasteiger partial charge in [0.25, 0.3) is 0 Å². The molecular formula is C28H29FN4O3. The number of likely N-dealkylation sites (tertiary alicyclic amines) is 1. The van der Waals surface area contributed by atoms with Crippen LogP contribution in [0.3, 0.4) is 0 Å². The summed E-state index contributed by atoms with van der Waals surface area (Å²) in [5.74, 6) is -2.06. The van der Waals surface area contributed by atoms with E-state index in [0.29, 0.717) is 11.6 Å². The lowest BCUT2D eigenvalue weighted by atomic mass is 9.95. The molecule has 0 radical (unpaired) electrons. The van der Waals surface area contributed by atoms with Crippen molar-refractivity contribution >= 4 is 23.4 Å². The Kier molecular flexibility index (Phi) is 7.73. The predicted octanol–water partition coefficient (Wildman–Crippen LogP) is 3.99. The topological polar surface area (TPSA) is 91.4 Å². The summed E-state index contributed by atoms with van der Waals surface area (Å²) in [4.78, 5) is 43.7. The summed E-state index contributed by atoms with van der Waals surface area (Å²) < 4.78 is 14.4. The number of carbonyl (C=O) groups excluding carboxylic acids is 3. The molecule has 0 saturated carbocycles. The van der Waals surface area contributed by atoms with Crippen molar-refractivity contribution in [2.75, 3.05) is 11.9 Å². The number of aromatic nitrogens is 1. The highest BCUT2D eigenvalue weighted by Gasteiger charge is 2.42. The Bertz CT molecular complexity index is 1200. The highest BCUT2D eigenvalue weighted by atomic mass is 19.1. The standard InChI is InChI=1S/C28H29FN4O3/c1-18(2)19-10-12-21(13-11-19)25(20-7-4-3-5-8-20)32-26(34)24-15-22(29)17-33(24)28(36)27(35)31-23-9-6-14-30-16-23/h3-14,16,18,22,24-25H,15,17H2,1-2H3,(H,31,35)(H,32,34). The van der Waals surface area contributed by atoms with Crippen molar-refractivity contribution in [3.8, 4) is 0 Å². The summed E-state index contributed by atoms with van der Waals surface area (Å²) in [6.45, 7) is 3.89. The van der Waals surface area contributed by atoms with Crippen LogP contribution < -0.4 is 10.6 Å². The number of alkyl halides is 1. The van der Waals surface area contributed by atoms with Crippen LogP contribution in [0.25, 0.3) is 0 Å². The maximum atomic E-state index is 14.4. The van der Waals surface area contributed by atoms with Gasteiger partial charge in [-0.05, 0) is 34.7 Å². The van der Waals surface area contributed by atoms with Crippen molar-refractivity contribution < 1.29 is 18.8 Å². The van der Waals surface area contributed by atoms with Crippen molar-refractivity contribution in [1.29, 1.82) is 0 Å². The first-order valence-corrected chi connectivity index (χ1v) is 11.9. The summed E-state index contributed by atoms with van der Waals surface area (Å²) in [5.41, 5.74) is 3.22. The summed E-state index contributed by atoms with van der Waals surface area (Å²) >= 11 is 0. The lowest BCUT2D eigenvalue weighted by Gasteiger charge is -2.26. The van der Waals surface area contributed by atoms with E-state index in [0.717, 1.165) is 16.0 Å². The average molecular weight is 489 g/mol.